The summed E-state index contributed by atoms with van der Waals surface area (Å²) in [5, 5.41) is 3.79. The highest BCUT2D eigenvalue weighted by molar-refractivity contribution is 5.01. The molecule has 1 atom stereocenters. The first-order chi connectivity index (χ1) is 6.94. The van der Waals surface area contributed by atoms with Gasteiger partial charge in [-0.15, -0.1) is 0 Å². The van der Waals surface area contributed by atoms with Crippen molar-refractivity contribution in [1.82, 2.24) is 5.32 Å². The van der Waals surface area contributed by atoms with Crippen LogP contribution in [-0.2, 0) is 0 Å². The van der Waals surface area contributed by atoms with Gasteiger partial charge in [0.2, 0.25) is 0 Å². The molecule has 2 aliphatic rings. The lowest BCUT2D eigenvalue weighted by Crippen LogP contribution is -2.47. The molecular formula is C14H27N. The molecule has 2 fully saturated rings. The summed E-state index contributed by atoms with van der Waals surface area (Å²) in [5.41, 5.74) is 1.12. The van der Waals surface area contributed by atoms with Crippen molar-refractivity contribution >= 4 is 0 Å². The van der Waals surface area contributed by atoms with Crippen molar-refractivity contribution in [3.05, 3.63) is 0 Å². The van der Waals surface area contributed by atoms with Crippen LogP contribution in [0.4, 0.5) is 0 Å². The molecule has 1 unspecified atom stereocenters. The zero-order valence-corrected chi connectivity index (χ0v) is 10.9. The molecule has 0 aromatic rings. The molecule has 15 heavy (non-hydrogen) atoms. The highest BCUT2D eigenvalue weighted by Crippen LogP contribution is 2.56. The van der Waals surface area contributed by atoms with Gasteiger partial charge in [0.15, 0.2) is 0 Å². The monoisotopic (exact) mass is 209 g/mol. The first-order valence-electron chi connectivity index (χ1n) is 6.67. The lowest BCUT2D eigenvalue weighted by Gasteiger charge is -2.44. The van der Waals surface area contributed by atoms with Gasteiger partial charge in [-0.2, -0.15) is 0 Å². The van der Waals surface area contributed by atoms with E-state index in [-0.39, 0.29) is 0 Å². The zero-order chi connectivity index (χ0) is 11.1. The van der Waals surface area contributed by atoms with E-state index in [1.165, 1.54) is 38.6 Å². The third-order valence-corrected chi connectivity index (χ3v) is 4.85. The van der Waals surface area contributed by atoms with Crippen LogP contribution in [0.2, 0.25) is 0 Å². The van der Waals surface area contributed by atoms with Gasteiger partial charge in [-0.05, 0) is 49.4 Å². The maximum absolute atomic E-state index is 3.79. The van der Waals surface area contributed by atoms with Gasteiger partial charge in [-0.25, -0.2) is 0 Å². The van der Waals surface area contributed by atoms with E-state index in [4.69, 9.17) is 0 Å². The van der Waals surface area contributed by atoms with E-state index in [2.05, 4.69) is 33.0 Å². The van der Waals surface area contributed by atoms with Crippen molar-refractivity contribution < 1.29 is 0 Å². The third-order valence-electron chi connectivity index (χ3n) is 4.85. The Bertz CT molecular complexity index is 218. The Morgan fingerprint density at radius 1 is 1.27 bits per heavy atom. The van der Waals surface area contributed by atoms with Gasteiger partial charge in [0, 0.05) is 12.6 Å². The summed E-state index contributed by atoms with van der Waals surface area (Å²) >= 11 is 0. The molecule has 0 heterocycles. The van der Waals surface area contributed by atoms with Crippen molar-refractivity contribution in [3.8, 4) is 0 Å². The summed E-state index contributed by atoms with van der Waals surface area (Å²) in [6.45, 7) is 10.6. The van der Waals surface area contributed by atoms with Crippen LogP contribution < -0.4 is 5.32 Å². The Hall–Kier alpha value is -0.0400. The van der Waals surface area contributed by atoms with Crippen LogP contribution in [0, 0.1) is 16.7 Å². The molecule has 1 N–H and O–H groups in total. The van der Waals surface area contributed by atoms with Crippen LogP contribution in [0.5, 0.6) is 0 Å². The Balaban J connectivity index is 1.81. The van der Waals surface area contributed by atoms with Gasteiger partial charge < -0.3 is 5.32 Å². The Kier molecular flexibility index (Phi) is 2.87. The highest BCUT2D eigenvalue weighted by Gasteiger charge is 2.48. The van der Waals surface area contributed by atoms with Crippen LogP contribution in [0.1, 0.15) is 59.8 Å². The molecule has 1 heteroatoms. The smallest absolute Gasteiger partial charge is 0.00875 e. The molecule has 0 spiro atoms. The zero-order valence-electron chi connectivity index (χ0n) is 10.9. The topological polar surface area (TPSA) is 12.0 Å². The molecule has 2 rings (SSSR count). The number of rotatable bonds is 4. The van der Waals surface area contributed by atoms with Crippen LogP contribution in [0.3, 0.4) is 0 Å². The average Bonchev–Trinajstić information content (AvgIpc) is 2.83. The van der Waals surface area contributed by atoms with Gasteiger partial charge in [0.1, 0.15) is 0 Å². The van der Waals surface area contributed by atoms with Gasteiger partial charge >= 0.3 is 0 Å². The summed E-state index contributed by atoms with van der Waals surface area (Å²) in [6.07, 6.45) is 7.46. The fourth-order valence-corrected chi connectivity index (χ4v) is 2.72. The molecule has 1 nitrogen and oxygen atoms in total. The minimum atomic E-state index is 0.397. The summed E-state index contributed by atoms with van der Waals surface area (Å²) in [6, 6.07) is 0.633. The normalized spacial score (nSPS) is 27.2. The Labute approximate surface area is 95.0 Å². The van der Waals surface area contributed by atoms with E-state index in [1.54, 1.807) is 0 Å². The quantitative estimate of drug-likeness (QED) is 0.746. The SMILES string of the molecule is CC(NCC1(C2CC2)CCC1)C(C)(C)C. The number of hydrogen-bond acceptors (Lipinski definition) is 1. The highest BCUT2D eigenvalue weighted by atomic mass is 14.9. The maximum atomic E-state index is 3.79. The van der Waals surface area contributed by atoms with Crippen LogP contribution >= 0.6 is 0 Å². The lowest BCUT2D eigenvalue weighted by atomic mass is 9.65. The first-order valence-corrected chi connectivity index (χ1v) is 6.67. The Morgan fingerprint density at radius 2 is 1.87 bits per heavy atom. The third kappa shape index (κ3) is 2.38. The fraction of sp³-hybridized carbons (Fsp3) is 1.00. The molecule has 0 aromatic carbocycles. The van der Waals surface area contributed by atoms with Gasteiger partial charge in [0.25, 0.3) is 0 Å². The maximum Gasteiger partial charge on any atom is 0.00875 e. The molecule has 0 amide bonds. The van der Waals surface area contributed by atoms with Crippen LogP contribution in [0.25, 0.3) is 0 Å². The van der Waals surface area contributed by atoms with Crippen LogP contribution in [0.15, 0.2) is 0 Å². The van der Waals surface area contributed by atoms with Gasteiger partial charge in [0.05, 0.1) is 0 Å². The second kappa shape index (κ2) is 3.76. The van der Waals surface area contributed by atoms with Crippen molar-refractivity contribution in [2.45, 2.75) is 65.8 Å². The molecule has 0 aliphatic heterocycles. The predicted octanol–water partition coefficient (Wildman–Crippen LogP) is 3.59. The average molecular weight is 209 g/mol. The minimum Gasteiger partial charge on any atom is -0.313 e. The molecule has 88 valence electrons. The summed E-state index contributed by atoms with van der Waals surface area (Å²) in [4.78, 5) is 0. The Morgan fingerprint density at radius 3 is 2.20 bits per heavy atom. The van der Waals surface area contributed by atoms with Crippen molar-refractivity contribution in [2.75, 3.05) is 6.54 Å². The van der Waals surface area contributed by atoms with Crippen molar-refractivity contribution in [1.29, 1.82) is 0 Å². The molecule has 2 saturated carbocycles. The second-order valence-electron chi connectivity index (χ2n) is 6.96. The van der Waals surface area contributed by atoms with E-state index in [0.29, 0.717) is 11.5 Å². The van der Waals surface area contributed by atoms with E-state index in [0.717, 1.165) is 11.3 Å². The molecule has 0 bridgehead atoms. The molecular weight excluding hydrogens is 182 g/mol. The first kappa shape index (κ1) is 11.4. The summed E-state index contributed by atoms with van der Waals surface area (Å²) in [7, 11) is 0. The minimum absolute atomic E-state index is 0.397. The fourth-order valence-electron chi connectivity index (χ4n) is 2.72. The molecule has 0 aromatic heterocycles. The molecule has 2 aliphatic carbocycles. The molecule has 0 radical (unpaired) electrons. The largest absolute Gasteiger partial charge is 0.313 e. The summed E-state index contributed by atoms with van der Waals surface area (Å²) in [5.74, 6) is 1.07. The van der Waals surface area contributed by atoms with E-state index >= 15 is 0 Å². The van der Waals surface area contributed by atoms with E-state index in [1.807, 2.05) is 0 Å². The van der Waals surface area contributed by atoms with Crippen molar-refractivity contribution in [2.24, 2.45) is 16.7 Å². The lowest BCUT2D eigenvalue weighted by molar-refractivity contribution is 0.0873. The van der Waals surface area contributed by atoms with E-state index in [9.17, 15) is 0 Å². The number of hydrogen-bond donors (Lipinski definition) is 1. The van der Waals surface area contributed by atoms with Crippen molar-refractivity contribution in [3.63, 3.8) is 0 Å². The molecule has 0 saturated heterocycles. The standard InChI is InChI=1S/C14H27N/c1-11(13(2,3)4)15-10-14(8-5-9-14)12-6-7-12/h11-12,15H,5-10H2,1-4H3. The van der Waals surface area contributed by atoms with E-state index < -0.39 is 0 Å². The number of nitrogens with one attached hydrogen (secondary N) is 1. The second-order valence-corrected chi connectivity index (χ2v) is 6.96. The van der Waals surface area contributed by atoms with Crippen LogP contribution in [-0.4, -0.2) is 12.6 Å². The van der Waals surface area contributed by atoms with Gasteiger partial charge in [-0.1, -0.05) is 27.2 Å². The predicted molar refractivity (Wildman–Crippen MR) is 65.9 cm³/mol. The summed E-state index contributed by atoms with van der Waals surface area (Å²) < 4.78 is 0. The van der Waals surface area contributed by atoms with Gasteiger partial charge in [-0.3, -0.25) is 0 Å².